The van der Waals surface area contributed by atoms with Gasteiger partial charge in [-0.15, -0.1) is 0 Å². The predicted octanol–water partition coefficient (Wildman–Crippen LogP) is 3.36. The van der Waals surface area contributed by atoms with E-state index in [4.69, 9.17) is 5.26 Å². The van der Waals surface area contributed by atoms with E-state index >= 15 is 0 Å². The van der Waals surface area contributed by atoms with Gasteiger partial charge in [0.05, 0.1) is 11.7 Å². The fourth-order valence-electron chi connectivity index (χ4n) is 2.24. The highest BCUT2D eigenvalue weighted by Gasteiger charge is 2.23. The van der Waals surface area contributed by atoms with Crippen molar-refractivity contribution < 1.29 is 18.3 Å². The number of pyridine rings is 1. The molecule has 2 rings (SSSR count). The molecule has 2 atom stereocenters. The molecule has 0 amide bonds. The van der Waals surface area contributed by atoms with Crippen LogP contribution in [0.25, 0.3) is 11.1 Å². The quantitative estimate of drug-likeness (QED) is 0.806. The summed E-state index contributed by atoms with van der Waals surface area (Å²) in [6.45, 7) is 2.08. The number of hydrogen-bond donors (Lipinski definition) is 2. The molecule has 2 aromatic rings. The third-order valence-corrected chi connectivity index (χ3v) is 3.65. The van der Waals surface area contributed by atoms with Gasteiger partial charge in [0.15, 0.2) is 0 Å². The van der Waals surface area contributed by atoms with E-state index in [9.17, 15) is 18.3 Å². The van der Waals surface area contributed by atoms with Crippen molar-refractivity contribution in [2.24, 2.45) is 0 Å². The second-order valence-electron chi connectivity index (χ2n) is 5.34. The number of benzene rings is 1. The van der Waals surface area contributed by atoms with Crippen LogP contribution in [0, 0.1) is 11.3 Å². The highest BCUT2D eigenvalue weighted by molar-refractivity contribution is 5.63. The summed E-state index contributed by atoms with van der Waals surface area (Å²) in [5.74, 6) is 0. The van der Waals surface area contributed by atoms with Crippen molar-refractivity contribution >= 4 is 0 Å². The van der Waals surface area contributed by atoms with Gasteiger partial charge in [0.25, 0.3) is 6.43 Å². The first kappa shape index (κ1) is 18.5. The highest BCUT2D eigenvalue weighted by atomic mass is 19.3. The van der Waals surface area contributed by atoms with Gasteiger partial charge in [-0.05, 0) is 23.3 Å². The molecule has 0 radical (unpaired) electrons. The van der Waals surface area contributed by atoms with Crippen LogP contribution in [0.2, 0.25) is 0 Å². The Labute approximate surface area is 143 Å². The maximum Gasteiger partial charge on any atom is 0.277 e. The Balaban J connectivity index is 2.14. The fraction of sp³-hybridized carbons (Fsp3) is 0.222. The maximum atomic E-state index is 13.1. The summed E-state index contributed by atoms with van der Waals surface area (Å²) in [4.78, 5) is 3.97. The molecule has 25 heavy (non-hydrogen) atoms. The number of aliphatic hydroxyl groups is 1. The minimum absolute atomic E-state index is 0.298. The van der Waals surface area contributed by atoms with Gasteiger partial charge in [-0.25, -0.2) is 18.2 Å². The summed E-state index contributed by atoms with van der Waals surface area (Å²) in [5, 5.41) is 21.2. The summed E-state index contributed by atoms with van der Waals surface area (Å²) in [6.07, 6.45) is -2.61. The normalized spacial score (nSPS) is 13.1. The third-order valence-electron chi connectivity index (χ3n) is 3.65. The molecule has 0 spiro atoms. The largest absolute Gasteiger partial charge is 0.386 e. The van der Waals surface area contributed by atoms with Crippen LogP contribution in [0.4, 0.5) is 13.2 Å². The van der Waals surface area contributed by atoms with Crippen LogP contribution in [0.15, 0.2) is 54.9 Å². The molecule has 0 aliphatic carbocycles. The number of allylic oxidation sites excluding steroid dienone is 1. The SMILES string of the molecule is C=C(NC(CF)C(O)c1ccc(-c2ccc(C#N)nc2)cc1)C(F)F. The van der Waals surface area contributed by atoms with Crippen LogP contribution in [0.5, 0.6) is 0 Å². The van der Waals surface area contributed by atoms with Crippen LogP contribution in [0.1, 0.15) is 17.4 Å². The summed E-state index contributed by atoms with van der Waals surface area (Å²) in [5.41, 5.74) is 1.59. The Kier molecular flexibility index (Phi) is 6.14. The molecule has 2 N–H and O–H groups in total. The van der Waals surface area contributed by atoms with E-state index in [0.717, 1.165) is 11.1 Å². The van der Waals surface area contributed by atoms with E-state index in [0.29, 0.717) is 11.3 Å². The molecule has 1 aromatic heterocycles. The Morgan fingerprint density at radius 2 is 1.84 bits per heavy atom. The summed E-state index contributed by atoms with van der Waals surface area (Å²) < 4.78 is 38.1. The average Bonchev–Trinajstić information content (AvgIpc) is 2.65. The smallest absolute Gasteiger partial charge is 0.277 e. The summed E-state index contributed by atoms with van der Waals surface area (Å²) in [7, 11) is 0. The molecule has 4 nitrogen and oxygen atoms in total. The van der Waals surface area contributed by atoms with Crippen molar-refractivity contribution in [3.63, 3.8) is 0 Å². The number of nitrogens with one attached hydrogen (secondary N) is 1. The number of rotatable bonds is 7. The molecule has 130 valence electrons. The van der Waals surface area contributed by atoms with Crippen molar-refractivity contribution in [2.45, 2.75) is 18.6 Å². The zero-order valence-electron chi connectivity index (χ0n) is 13.2. The van der Waals surface area contributed by atoms with Gasteiger partial charge in [-0.3, -0.25) is 0 Å². The maximum absolute atomic E-state index is 13.1. The van der Waals surface area contributed by atoms with Gasteiger partial charge < -0.3 is 10.4 Å². The fourth-order valence-corrected chi connectivity index (χ4v) is 2.24. The zero-order chi connectivity index (χ0) is 18.4. The molecule has 2 unspecified atom stereocenters. The predicted molar refractivity (Wildman–Crippen MR) is 87.4 cm³/mol. The standard InChI is InChI=1S/C18H16F3N3O/c1-11(18(20)21)24-16(8-19)17(25)13-4-2-12(3-5-13)14-6-7-15(9-22)23-10-14/h2-7,10,16-18,24-25H,1,8H2. The van der Waals surface area contributed by atoms with Crippen molar-refractivity contribution in [3.8, 4) is 17.2 Å². The van der Waals surface area contributed by atoms with Crippen molar-refractivity contribution in [2.75, 3.05) is 6.67 Å². The molecule has 0 saturated heterocycles. The number of aromatic nitrogens is 1. The lowest BCUT2D eigenvalue weighted by Gasteiger charge is -2.23. The van der Waals surface area contributed by atoms with Crippen molar-refractivity contribution in [3.05, 3.63) is 66.1 Å². The van der Waals surface area contributed by atoms with E-state index in [-0.39, 0.29) is 0 Å². The lowest BCUT2D eigenvalue weighted by Crippen LogP contribution is -2.37. The number of halogens is 3. The first-order valence-corrected chi connectivity index (χ1v) is 7.40. The molecule has 0 aliphatic heterocycles. The van der Waals surface area contributed by atoms with Crippen molar-refractivity contribution in [1.29, 1.82) is 5.26 Å². The lowest BCUT2D eigenvalue weighted by atomic mass is 9.99. The van der Waals surface area contributed by atoms with E-state index in [1.54, 1.807) is 42.6 Å². The molecular weight excluding hydrogens is 331 g/mol. The third kappa shape index (κ3) is 4.58. The molecule has 1 heterocycles. The monoisotopic (exact) mass is 347 g/mol. The summed E-state index contributed by atoms with van der Waals surface area (Å²) >= 11 is 0. The topological polar surface area (TPSA) is 68.9 Å². The van der Waals surface area contributed by atoms with Gasteiger partial charge in [0.2, 0.25) is 0 Å². The molecule has 1 aromatic carbocycles. The number of aliphatic hydroxyl groups excluding tert-OH is 1. The molecular formula is C18H16F3N3O. The highest BCUT2D eigenvalue weighted by Crippen LogP contribution is 2.24. The molecule has 0 aliphatic rings. The van der Waals surface area contributed by atoms with Crippen LogP contribution in [-0.2, 0) is 0 Å². The van der Waals surface area contributed by atoms with E-state index < -0.39 is 30.9 Å². The lowest BCUT2D eigenvalue weighted by molar-refractivity contribution is 0.107. The van der Waals surface area contributed by atoms with E-state index in [1.807, 2.05) is 6.07 Å². The van der Waals surface area contributed by atoms with Crippen LogP contribution >= 0.6 is 0 Å². The van der Waals surface area contributed by atoms with Gasteiger partial charge in [0.1, 0.15) is 24.5 Å². The van der Waals surface area contributed by atoms with Gasteiger partial charge >= 0.3 is 0 Å². The Bertz CT molecular complexity index is 755. The van der Waals surface area contributed by atoms with Gasteiger partial charge in [0, 0.05) is 11.8 Å². The van der Waals surface area contributed by atoms with Crippen LogP contribution in [-0.4, -0.2) is 29.2 Å². The minimum atomic E-state index is -2.84. The second-order valence-corrected chi connectivity index (χ2v) is 5.34. The Morgan fingerprint density at radius 1 is 1.20 bits per heavy atom. The number of nitriles is 1. The van der Waals surface area contributed by atoms with E-state index in [2.05, 4.69) is 16.9 Å². The number of hydrogen-bond acceptors (Lipinski definition) is 4. The average molecular weight is 347 g/mol. The molecule has 0 saturated carbocycles. The Morgan fingerprint density at radius 3 is 2.32 bits per heavy atom. The van der Waals surface area contributed by atoms with Gasteiger partial charge in [-0.1, -0.05) is 30.8 Å². The molecule has 7 heteroatoms. The minimum Gasteiger partial charge on any atom is -0.386 e. The first-order valence-electron chi connectivity index (χ1n) is 7.40. The number of nitrogens with zero attached hydrogens (tertiary/aromatic N) is 2. The summed E-state index contributed by atoms with van der Waals surface area (Å²) in [6, 6.07) is 10.6. The Hall–Kier alpha value is -2.85. The van der Waals surface area contributed by atoms with Crippen molar-refractivity contribution in [1.82, 2.24) is 10.3 Å². The van der Waals surface area contributed by atoms with Crippen LogP contribution < -0.4 is 5.32 Å². The van der Waals surface area contributed by atoms with Crippen LogP contribution in [0.3, 0.4) is 0 Å². The second kappa shape index (κ2) is 8.31. The molecule has 0 fully saturated rings. The van der Waals surface area contributed by atoms with E-state index in [1.165, 1.54) is 0 Å². The first-order chi connectivity index (χ1) is 12.0. The zero-order valence-corrected chi connectivity index (χ0v) is 13.2. The van der Waals surface area contributed by atoms with Gasteiger partial charge in [-0.2, -0.15) is 5.26 Å². The number of alkyl halides is 3. The molecule has 0 bridgehead atoms.